The molecule has 1 aromatic carbocycles. The molecule has 25 heavy (non-hydrogen) atoms. The van der Waals surface area contributed by atoms with E-state index in [0.717, 1.165) is 5.56 Å². The number of amides is 1. The van der Waals surface area contributed by atoms with Crippen LogP contribution in [-0.4, -0.2) is 23.5 Å². The quantitative estimate of drug-likeness (QED) is 0.698. The van der Waals surface area contributed by atoms with E-state index in [1.165, 1.54) is 0 Å². The summed E-state index contributed by atoms with van der Waals surface area (Å²) in [7, 11) is 0. The lowest BCUT2D eigenvalue weighted by molar-refractivity contribution is 0.0526. The number of anilines is 1. The number of nitrogens with zero attached hydrogens (tertiary/aromatic N) is 1. The van der Waals surface area contributed by atoms with E-state index in [9.17, 15) is 9.59 Å². The molecule has 6 heteroatoms. The second-order valence-corrected chi connectivity index (χ2v) is 5.95. The molecular weight excluding hydrogens is 336 g/mol. The first-order valence-electron chi connectivity index (χ1n) is 7.75. The highest BCUT2D eigenvalue weighted by atomic mass is 32.1. The number of hydrogen-bond acceptors (Lipinski definition) is 5. The first-order chi connectivity index (χ1) is 12.2. The molecular formula is C19H16N2O3S. The molecule has 2 aromatic heterocycles. The van der Waals surface area contributed by atoms with Crippen molar-refractivity contribution in [2.75, 3.05) is 11.9 Å². The van der Waals surface area contributed by atoms with E-state index < -0.39 is 5.97 Å². The molecule has 1 N–H and O–H groups in total. The first-order valence-corrected chi connectivity index (χ1v) is 8.69. The fourth-order valence-corrected chi connectivity index (χ4v) is 3.00. The van der Waals surface area contributed by atoms with Crippen LogP contribution >= 0.6 is 11.3 Å². The van der Waals surface area contributed by atoms with E-state index in [1.54, 1.807) is 60.9 Å². The van der Waals surface area contributed by atoms with Crippen molar-refractivity contribution in [3.05, 3.63) is 70.5 Å². The van der Waals surface area contributed by atoms with Gasteiger partial charge in [0.15, 0.2) is 0 Å². The molecule has 0 aliphatic rings. The molecule has 0 radical (unpaired) electrons. The van der Waals surface area contributed by atoms with Gasteiger partial charge in [0, 0.05) is 22.8 Å². The highest BCUT2D eigenvalue weighted by Crippen LogP contribution is 2.24. The normalized spacial score (nSPS) is 10.3. The van der Waals surface area contributed by atoms with Crippen LogP contribution < -0.4 is 5.32 Å². The van der Waals surface area contributed by atoms with Gasteiger partial charge in [-0.15, -0.1) is 0 Å². The van der Waals surface area contributed by atoms with E-state index in [0.29, 0.717) is 29.1 Å². The molecule has 3 rings (SSSR count). The van der Waals surface area contributed by atoms with Gasteiger partial charge in [-0.1, -0.05) is 6.07 Å². The molecule has 0 spiro atoms. The summed E-state index contributed by atoms with van der Waals surface area (Å²) in [6.07, 6.45) is 1.66. The van der Waals surface area contributed by atoms with Gasteiger partial charge in [0.25, 0.3) is 5.91 Å². The predicted molar refractivity (Wildman–Crippen MR) is 97.9 cm³/mol. The highest BCUT2D eigenvalue weighted by Gasteiger charge is 2.15. The molecule has 0 bridgehead atoms. The van der Waals surface area contributed by atoms with Crippen molar-refractivity contribution in [2.45, 2.75) is 6.92 Å². The maximum atomic E-state index is 12.7. The summed E-state index contributed by atoms with van der Waals surface area (Å²) in [5.41, 5.74) is 2.92. The molecule has 1 amide bonds. The lowest BCUT2D eigenvalue weighted by atomic mass is 10.1. The molecule has 0 saturated heterocycles. The number of thiophene rings is 1. The van der Waals surface area contributed by atoms with Crippen molar-refractivity contribution in [1.29, 1.82) is 0 Å². The second-order valence-electron chi connectivity index (χ2n) is 5.17. The van der Waals surface area contributed by atoms with Crippen molar-refractivity contribution in [2.24, 2.45) is 0 Å². The van der Waals surface area contributed by atoms with E-state index in [1.807, 2.05) is 16.8 Å². The fourth-order valence-electron chi connectivity index (χ4n) is 2.35. The predicted octanol–water partition coefficient (Wildman–Crippen LogP) is 4.24. The Kier molecular flexibility index (Phi) is 5.20. The Morgan fingerprint density at radius 2 is 2.08 bits per heavy atom. The molecule has 0 aliphatic heterocycles. The van der Waals surface area contributed by atoms with Crippen LogP contribution in [0.1, 0.15) is 27.6 Å². The molecule has 2 heterocycles. The minimum atomic E-state index is -0.418. The van der Waals surface area contributed by atoms with Gasteiger partial charge < -0.3 is 10.1 Å². The third-order valence-electron chi connectivity index (χ3n) is 3.48. The Balaban J connectivity index is 1.84. The van der Waals surface area contributed by atoms with Crippen molar-refractivity contribution in [3.8, 4) is 11.3 Å². The number of hydrogen-bond donors (Lipinski definition) is 1. The highest BCUT2D eigenvalue weighted by molar-refractivity contribution is 7.08. The molecule has 3 aromatic rings. The SMILES string of the molecule is CCOC(=O)c1cccc(NC(=O)c2cccnc2-c2ccsc2)c1. The van der Waals surface area contributed by atoms with Crippen LogP contribution in [0, 0.1) is 0 Å². The van der Waals surface area contributed by atoms with Crippen LogP contribution in [0.4, 0.5) is 5.69 Å². The first kappa shape index (κ1) is 16.9. The number of benzene rings is 1. The number of nitrogens with one attached hydrogen (secondary N) is 1. The molecule has 126 valence electrons. The number of pyridine rings is 1. The zero-order chi connectivity index (χ0) is 17.6. The average Bonchev–Trinajstić information content (AvgIpc) is 3.17. The topological polar surface area (TPSA) is 68.3 Å². The zero-order valence-corrected chi connectivity index (χ0v) is 14.4. The van der Waals surface area contributed by atoms with Gasteiger partial charge in [0.1, 0.15) is 0 Å². The monoisotopic (exact) mass is 352 g/mol. The smallest absolute Gasteiger partial charge is 0.338 e. The number of ether oxygens (including phenoxy) is 1. The third kappa shape index (κ3) is 3.92. The largest absolute Gasteiger partial charge is 0.462 e. The van der Waals surface area contributed by atoms with Crippen LogP contribution in [-0.2, 0) is 4.74 Å². The number of rotatable bonds is 5. The lowest BCUT2D eigenvalue weighted by Gasteiger charge is -2.09. The van der Waals surface area contributed by atoms with Crippen molar-refractivity contribution in [3.63, 3.8) is 0 Å². The number of esters is 1. The molecule has 0 atom stereocenters. The minimum Gasteiger partial charge on any atom is -0.462 e. The molecule has 5 nitrogen and oxygen atoms in total. The summed E-state index contributed by atoms with van der Waals surface area (Å²) < 4.78 is 4.98. The standard InChI is InChI=1S/C19H16N2O3S/c1-2-24-19(23)13-5-3-6-15(11-13)21-18(22)16-7-4-9-20-17(16)14-8-10-25-12-14/h3-12H,2H2,1H3,(H,21,22). The maximum Gasteiger partial charge on any atom is 0.338 e. The van der Waals surface area contributed by atoms with Crippen LogP contribution in [0.15, 0.2) is 59.4 Å². The van der Waals surface area contributed by atoms with E-state index in [2.05, 4.69) is 10.3 Å². The van der Waals surface area contributed by atoms with Gasteiger partial charge in [-0.2, -0.15) is 11.3 Å². The van der Waals surface area contributed by atoms with E-state index in [4.69, 9.17) is 4.74 Å². The second kappa shape index (κ2) is 7.72. The number of aromatic nitrogens is 1. The average molecular weight is 352 g/mol. The Hall–Kier alpha value is -2.99. The number of carbonyl (C=O) groups is 2. The fraction of sp³-hybridized carbons (Fsp3) is 0.105. The Labute approximate surface area is 149 Å². The van der Waals surface area contributed by atoms with Gasteiger partial charge in [-0.25, -0.2) is 4.79 Å². The minimum absolute atomic E-state index is 0.282. The molecule has 0 aliphatic carbocycles. The van der Waals surface area contributed by atoms with Crippen LogP contribution in [0.25, 0.3) is 11.3 Å². The van der Waals surface area contributed by atoms with Gasteiger partial charge in [-0.05, 0) is 48.7 Å². The Bertz CT molecular complexity index is 891. The van der Waals surface area contributed by atoms with Gasteiger partial charge in [0.2, 0.25) is 0 Å². The third-order valence-corrected chi connectivity index (χ3v) is 4.16. The van der Waals surface area contributed by atoms with Gasteiger partial charge in [0.05, 0.1) is 23.4 Å². The summed E-state index contributed by atoms with van der Waals surface area (Å²) in [5, 5.41) is 6.70. The van der Waals surface area contributed by atoms with Gasteiger partial charge >= 0.3 is 5.97 Å². The molecule has 0 fully saturated rings. The molecule has 0 unspecified atom stereocenters. The summed E-state index contributed by atoms with van der Waals surface area (Å²) >= 11 is 1.55. The van der Waals surface area contributed by atoms with Crippen molar-refractivity contribution >= 4 is 28.9 Å². The van der Waals surface area contributed by atoms with E-state index in [-0.39, 0.29) is 5.91 Å². The van der Waals surface area contributed by atoms with Crippen LogP contribution in [0.2, 0.25) is 0 Å². The van der Waals surface area contributed by atoms with Gasteiger partial charge in [-0.3, -0.25) is 9.78 Å². The lowest BCUT2D eigenvalue weighted by Crippen LogP contribution is -2.14. The van der Waals surface area contributed by atoms with Crippen LogP contribution in [0.5, 0.6) is 0 Å². The van der Waals surface area contributed by atoms with E-state index >= 15 is 0 Å². The Morgan fingerprint density at radius 3 is 2.84 bits per heavy atom. The Morgan fingerprint density at radius 1 is 1.20 bits per heavy atom. The van der Waals surface area contributed by atoms with Crippen LogP contribution in [0.3, 0.4) is 0 Å². The summed E-state index contributed by atoms with van der Waals surface area (Å²) in [6.45, 7) is 2.05. The van der Waals surface area contributed by atoms with Crippen molar-refractivity contribution < 1.29 is 14.3 Å². The summed E-state index contributed by atoms with van der Waals surface area (Å²) in [4.78, 5) is 28.8. The maximum absolute atomic E-state index is 12.7. The molecule has 0 saturated carbocycles. The summed E-state index contributed by atoms with van der Waals surface area (Å²) in [5.74, 6) is -0.700. The summed E-state index contributed by atoms with van der Waals surface area (Å²) in [6, 6.07) is 12.0. The zero-order valence-electron chi connectivity index (χ0n) is 13.6. The van der Waals surface area contributed by atoms with Crippen molar-refractivity contribution in [1.82, 2.24) is 4.98 Å². The number of carbonyl (C=O) groups excluding carboxylic acids is 2.